The van der Waals surface area contributed by atoms with Crippen molar-refractivity contribution < 1.29 is 9.90 Å². The van der Waals surface area contributed by atoms with Gasteiger partial charge in [-0.2, -0.15) is 0 Å². The van der Waals surface area contributed by atoms with E-state index in [0.29, 0.717) is 6.42 Å². The van der Waals surface area contributed by atoms with E-state index in [1.54, 1.807) is 0 Å². The Morgan fingerprint density at radius 3 is 2.38 bits per heavy atom. The van der Waals surface area contributed by atoms with E-state index in [9.17, 15) is 4.79 Å². The molecule has 3 nitrogen and oxygen atoms in total. The van der Waals surface area contributed by atoms with Gasteiger partial charge in [-0.05, 0) is 12.0 Å². The Morgan fingerprint density at radius 1 is 1.38 bits per heavy atom. The van der Waals surface area contributed by atoms with E-state index in [1.807, 2.05) is 30.3 Å². The molecule has 0 saturated heterocycles. The van der Waals surface area contributed by atoms with Gasteiger partial charge in [0.2, 0.25) is 0 Å². The van der Waals surface area contributed by atoms with E-state index in [0.717, 1.165) is 5.56 Å². The molecule has 4 heteroatoms. The molecule has 0 amide bonds. The second kappa shape index (κ2) is 6.70. The summed E-state index contributed by atoms with van der Waals surface area (Å²) in [6.45, 7) is 0. The third-order valence-corrected chi connectivity index (χ3v) is 1.62. The molecule has 66 valence electrons. The van der Waals surface area contributed by atoms with Gasteiger partial charge < -0.3 is 10.8 Å². The molecule has 0 unspecified atom stereocenters. The molecule has 0 radical (unpaired) electrons. The molecular weight excluding hydrogens is 193 g/mol. The average molecular weight is 205 g/mol. The third kappa shape index (κ3) is 4.90. The molecule has 0 aliphatic carbocycles. The first-order valence-electron chi connectivity index (χ1n) is 3.72. The van der Waals surface area contributed by atoms with Crippen LogP contribution < -0.4 is 5.73 Å². The average Bonchev–Trinajstić information content (AvgIpc) is 2.06. The maximum atomic E-state index is 10.4. The van der Waals surface area contributed by atoms with Gasteiger partial charge in [0.1, 0.15) is 6.04 Å². The standard InChI is InChI=1S/C9H11NO2.K.H/c10-8(9(11)12)6-7-4-2-1-3-5-7;;/h1-5,8H,6,10H2,(H,11,12);;/t8-;;/m1../s1. The van der Waals surface area contributed by atoms with Gasteiger partial charge in [-0.1, -0.05) is 30.3 Å². The Bertz CT molecular complexity index is 264. The fourth-order valence-corrected chi connectivity index (χ4v) is 0.955. The van der Waals surface area contributed by atoms with Crippen LogP contribution in [0, 0.1) is 0 Å². The van der Waals surface area contributed by atoms with E-state index < -0.39 is 12.0 Å². The Labute approximate surface area is 120 Å². The molecule has 0 bridgehead atoms. The van der Waals surface area contributed by atoms with Gasteiger partial charge in [0.05, 0.1) is 0 Å². The predicted molar refractivity (Wildman–Crippen MR) is 52.9 cm³/mol. The minimum atomic E-state index is -0.959. The molecule has 1 aromatic carbocycles. The zero-order valence-corrected chi connectivity index (χ0v) is 6.60. The third-order valence-electron chi connectivity index (χ3n) is 1.62. The molecule has 3 N–H and O–H groups in total. The Kier molecular flexibility index (Phi) is 6.85. The number of hydrogen-bond donors (Lipinski definition) is 2. The van der Waals surface area contributed by atoms with E-state index >= 15 is 0 Å². The molecule has 1 rings (SSSR count). The van der Waals surface area contributed by atoms with Gasteiger partial charge in [-0.25, -0.2) is 0 Å². The van der Waals surface area contributed by atoms with Crippen LogP contribution in [-0.4, -0.2) is 68.5 Å². The van der Waals surface area contributed by atoms with Crippen molar-refractivity contribution in [2.75, 3.05) is 0 Å². The van der Waals surface area contributed by atoms with Crippen LogP contribution >= 0.6 is 0 Å². The summed E-state index contributed by atoms with van der Waals surface area (Å²) in [5.41, 5.74) is 6.30. The van der Waals surface area contributed by atoms with Crippen molar-refractivity contribution in [1.29, 1.82) is 0 Å². The summed E-state index contributed by atoms with van der Waals surface area (Å²) < 4.78 is 0. The normalized spacial score (nSPS) is 11.5. The predicted octanol–water partition coefficient (Wildman–Crippen LogP) is -0.00750. The number of carboxylic acid groups (broad SMARTS) is 1. The summed E-state index contributed by atoms with van der Waals surface area (Å²) in [7, 11) is 0. The molecule has 0 heterocycles. The van der Waals surface area contributed by atoms with E-state index in [2.05, 4.69) is 0 Å². The van der Waals surface area contributed by atoms with Gasteiger partial charge in [-0.15, -0.1) is 0 Å². The number of nitrogens with two attached hydrogens (primary N) is 1. The molecule has 0 aliphatic rings. The van der Waals surface area contributed by atoms with Crippen LogP contribution in [0.1, 0.15) is 5.56 Å². The van der Waals surface area contributed by atoms with Crippen molar-refractivity contribution in [2.24, 2.45) is 5.73 Å². The Morgan fingerprint density at radius 2 is 1.92 bits per heavy atom. The van der Waals surface area contributed by atoms with Crippen molar-refractivity contribution >= 4 is 57.4 Å². The molecule has 1 atom stereocenters. The summed E-state index contributed by atoms with van der Waals surface area (Å²) in [5.74, 6) is -0.959. The van der Waals surface area contributed by atoms with Gasteiger partial charge in [0.25, 0.3) is 0 Å². The van der Waals surface area contributed by atoms with E-state index in [4.69, 9.17) is 10.8 Å². The van der Waals surface area contributed by atoms with Crippen molar-refractivity contribution in [3.8, 4) is 0 Å². The van der Waals surface area contributed by atoms with Gasteiger partial charge in [0, 0.05) is 0 Å². The van der Waals surface area contributed by atoms with Crippen LogP contribution in [0.2, 0.25) is 0 Å². The van der Waals surface area contributed by atoms with Crippen LogP contribution in [0.15, 0.2) is 30.3 Å². The summed E-state index contributed by atoms with van der Waals surface area (Å²) in [5, 5.41) is 8.52. The van der Waals surface area contributed by atoms with Crippen LogP contribution in [0.25, 0.3) is 0 Å². The SMILES string of the molecule is N[C@H](Cc1ccccc1)C(=O)O.[KH]. The van der Waals surface area contributed by atoms with Crippen LogP contribution in [-0.2, 0) is 11.2 Å². The fourth-order valence-electron chi connectivity index (χ4n) is 0.955. The molecular formula is C9H12KNO2. The molecule has 0 fully saturated rings. The number of carboxylic acids is 1. The second-order valence-electron chi connectivity index (χ2n) is 2.63. The molecule has 1 aromatic rings. The number of hydrogen-bond acceptors (Lipinski definition) is 2. The number of aliphatic carboxylic acids is 1. The summed E-state index contributed by atoms with van der Waals surface area (Å²) in [4.78, 5) is 10.4. The van der Waals surface area contributed by atoms with Crippen molar-refractivity contribution in [2.45, 2.75) is 12.5 Å². The Balaban J connectivity index is 0.00000144. The van der Waals surface area contributed by atoms with Gasteiger partial charge >= 0.3 is 57.4 Å². The van der Waals surface area contributed by atoms with Gasteiger partial charge in [0.15, 0.2) is 0 Å². The number of carbonyl (C=O) groups is 1. The summed E-state index contributed by atoms with van der Waals surface area (Å²) >= 11 is 0. The fraction of sp³-hybridized carbons (Fsp3) is 0.222. The topological polar surface area (TPSA) is 63.3 Å². The molecule has 0 aliphatic heterocycles. The van der Waals surface area contributed by atoms with E-state index in [1.165, 1.54) is 0 Å². The number of rotatable bonds is 3. The maximum absolute atomic E-state index is 10.4. The number of benzene rings is 1. The van der Waals surface area contributed by atoms with Crippen molar-refractivity contribution in [1.82, 2.24) is 0 Å². The van der Waals surface area contributed by atoms with E-state index in [-0.39, 0.29) is 51.4 Å². The molecule has 0 spiro atoms. The first kappa shape index (κ1) is 13.3. The first-order chi connectivity index (χ1) is 5.70. The van der Waals surface area contributed by atoms with Crippen LogP contribution in [0.4, 0.5) is 0 Å². The van der Waals surface area contributed by atoms with Crippen LogP contribution in [0.5, 0.6) is 0 Å². The molecule has 0 aromatic heterocycles. The van der Waals surface area contributed by atoms with Crippen LogP contribution in [0.3, 0.4) is 0 Å². The monoisotopic (exact) mass is 205 g/mol. The van der Waals surface area contributed by atoms with Gasteiger partial charge in [-0.3, -0.25) is 4.79 Å². The Hall–Kier alpha value is 0.286. The first-order valence-corrected chi connectivity index (χ1v) is 3.72. The zero-order valence-electron chi connectivity index (χ0n) is 6.60. The zero-order chi connectivity index (χ0) is 8.97. The molecule has 13 heavy (non-hydrogen) atoms. The quantitative estimate of drug-likeness (QED) is 0.682. The summed E-state index contributed by atoms with van der Waals surface area (Å²) in [6.07, 6.45) is 0.385. The molecule has 0 saturated carbocycles. The summed E-state index contributed by atoms with van der Waals surface area (Å²) in [6, 6.07) is 8.54. The second-order valence-corrected chi connectivity index (χ2v) is 2.63. The van der Waals surface area contributed by atoms with Crippen molar-refractivity contribution in [3.05, 3.63) is 35.9 Å². The van der Waals surface area contributed by atoms with Crippen molar-refractivity contribution in [3.63, 3.8) is 0 Å². The minimum absolute atomic E-state index is 0.